The Morgan fingerprint density at radius 1 is 1.20 bits per heavy atom. The fourth-order valence-corrected chi connectivity index (χ4v) is 4.45. The second-order valence-corrected chi connectivity index (χ2v) is 9.35. The van der Waals surface area contributed by atoms with E-state index in [4.69, 9.17) is 21.6 Å². The van der Waals surface area contributed by atoms with Crippen molar-refractivity contribution in [3.05, 3.63) is 58.4 Å². The van der Waals surface area contributed by atoms with Gasteiger partial charge in [-0.25, -0.2) is 4.39 Å². The lowest BCUT2D eigenvalue weighted by atomic mass is 9.79. The molecule has 1 aliphatic heterocycles. The van der Waals surface area contributed by atoms with Gasteiger partial charge >= 0.3 is 0 Å². The van der Waals surface area contributed by atoms with Crippen molar-refractivity contribution in [3.8, 4) is 17.6 Å². The van der Waals surface area contributed by atoms with E-state index in [0.29, 0.717) is 5.56 Å². The number of benzene rings is 2. The number of rotatable bonds is 4. The van der Waals surface area contributed by atoms with E-state index in [0.717, 1.165) is 12.8 Å². The summed E-state index contributed by atoms with van der Waals surface area (Å²) in [4.78, 5) is 12.8. The van der Waals surface area contributed by atoms with E-state index in [1.807, 2.05) is 0 Å². The van der Waals surface area contributed by atoms with E-state index in [9.17, 15) is 9.18 Å². The number of ether oxygens (including phenoxy) is 1. The summed E-state index contributed by atoms with van der Waals surface area (Å²) >= 11 is 6.30. The number of hydrogen-bond donors (Lipinski definition) is 2. The Hall–Kier alpha value is -2.62. The van der Waals surface area contributed by atoms with E-state index >= 15 is 0 Å². The number of nitrogens with one attached hydrogen (secondary N) is 2. The molecule has 0 unspecified atom stereocenters. The zero-order chi connectivity index (χ0) is 22.1. The van der Waals surface area contributed by atoms with Crippen LogP contribution in [0.3, 0.4) is 0 Å². The van der Waals surface area contributed by atoms with Crippen LogP contribution in [0.15, 0.2) is 36.4 Å². The van der Waals surface area contributed by atoms with Gasteiger partial charge in [0.25, 0.3) is 5.91 Å². The smallest absolute Gasteiger partial charge is 0.251 e. The van der Waals surface area contributed by atoms with E-state index in [2.05, 4.69) is 38.3 Å². The molecule has 0 spiro atoms. The summed E-state index contributed by atoms with van der Waals surface area (Å²) in [5, 5.41) is 16.0. The number of nitriles is 1. The molecular weight excluding hydrogens is 405 g/mol. The van der Waals surface area contributed by atoms with Crippen LogP contribution in [0.25, 0.3) is 0 Å². The van der Waals surface area contributed by atoms with Crippen LogP contribution in [0.5, 0.6) is 11.5 Å². The van der Waals surface area contributed by atoms with Crippen molar-refractivity contribution in [3.63, 3.8) is 0 Å². The second kappa shape index (κ2) is 8.25. The molecule has 1 heterocycles. The number of halogens is 2. The topological polar surface area (TPSA) is 74.1 Å². The summed E-state index contributed by atoms with van der Waals surface area (Å²) in [5.74, 6) is -0.587. The largest absolute Gasteiger partial charge is 0.454 e. The fraction of sp³-hybridized carbons (Fsp3) is 0.391. The predicted octanol–water partition coefficient (Wildman–Crippen LogP) is 5.18. The van der Waals surface area contributed by atoms with Gasteiger partial charge in [-0.05, 0) is 70.9 Å². The van der Waals surface area contributed by atoms with E-state index < -0.39 is 5.82 Å². The van der Waals surface area contributed by atoms with Crippen molar-refractivity contribution >= 4 is 17.5 Å². The fourth-order valence-electron chi connectivity index (χ4n) is 4.23. The summed E-state index contributed by atoms with van der Waals surface area (Å²) in [6.07, 6.45) is 1.63. The van der Waals surface area contributed by atoms with Crippen LogP contribution in [0, 0.1) is 17.1 Å². The molecule has 0 aliphatic carbocycles. The molecule has 158 valence electrons. The molecule has 2 aromatic rings. The molecule has 0 saturated carbocycles. The first-order valence-electron chi connectivity index (χ1n) is 9.76. The van der Waals surface area contributed by atoms with Crippen molar-refractivity contribution in [2.24, 2.45) is 0 Å². The Morgan fingerprint density at radius 2 is 1.87 bits per heavy atom. The van der Waals surface area contributed by atoms with Crippen LogP contribution in [-0.4, -0.2) is 23.0 Å². The third-order valence-electron chi connectivity index (χ3n) is 5.03. The highest BCUT2D eigenvalue weighted by Crippen LogP contribution is 2.33. The van der Waals surface area contributed by atoms with Gasteiger partial charge in [0.1, 0.15) is 28.9 Å². The van der Waals surface area contributed by atoms with Crippen LogP contribution < -0.4 is 15.4 Å². The van der Waals surface area contributed by atoms with Gasteiger partial charge in [-0.3, -0.25) is 4.79 Å². The minimum atomic E-state index is -0.671. The number of piperidine rings is 1. The Morgan fingerprint density at radius 3 is 2.47 bits per heavy atom. The third kappa shape index (κ3) is 5.10. The Bertz CT molecular complexity index is 998. The number of amides is 1. The molecular formula is C23H25ClFN3O2. The molecule has 30 heavy (non-hydrogen) atoms. The Labute approximate surface area is 181 Å². The zero-order valence-electron chi connectivity index (χ0n) is 17.5. The van der Waals surface area contributed by atoms with Crippen molar-refractivity contribution < 1.29 is 13.9 Å². The Kier molecular flexibility index (Phi) is 6.07. The number of carbonyl (C=O) groups excluding carboxylic acids is 1. The molecule has 3 rings (SSSR count). The first kappa shape index (κ1) is 22.1. The maximum Gasteiger partial charge on any atom is 0.251 e. The SMILES string of the molecule is CC1(C)CC(NC(=O)c2ccc(Oc3cccc(F)c3C#N)c(Cl)c2)CC(C)(C)N1. The van der Waals surface area contributed by atoms with Gasteiger partial charge in [-0.1, -0.05) is 17.7 Å². The second-order valence-electron chi connectivity index (χ2n) is 8.94. The predicted molar refractivity (Wildman–Crippen MR) is 114 cm³/mol. The van der Waals surface area contributed by atoms with E-state index in [1.165, 1.54) is 24.3 Å². The molecule has 1 amide bonds. The van der Waals surface area contributed by atoms with Crippen LogP contribution in [0.2, 0.25) is 5.02 Å². The van der Waals surface area contributed by atoms with Gasteiger partial charge in [0, 0.05) is 22.7 Å². The molecule has 0 bridgehead atoms. The van der Waals surface area contributed by atoms with Gasteiger partial charge in [-0.15, -0.1) is 0 Å². The lowest BCUT2D eigenvalue weighted by Crippen LogP contribution is -2.62. The van der Waals surface area contributed by atoms with Crippen molar-refractivity contribution in [1.82, 2.24) is 10.6 Å². The minimum absolute atomic E-state index is 0.0314. The molecule has 7 heteroatoms. The van der Waals surface area contributed by atoms with Gasteiger partial charge in [0.2, 0.25) is 0 Å². The molecule has 1 aliphatic rings. The summed E-state index contributed by atoms with van der Waals surface area (Å²) in [6, 6.07) is 10.6. The molecule has 0 radical (unpaired) electrons. The zero-order valence-corrected chi connectivity index (χ0v) is 18.2. The molecule has 0 aromatic heterocycles. The van der Waals surface area contributed by atoms with Crippen LogP contribution in [0.4, 0.5) is 4.39 Å². The maximum atomic E-state index is 13.8. The average molecular weight is 430 g/mol. The summed E-state index contributed by atoms with van der Waals surface area (Å²) in [7, 11) is 0. The third-order valence-corrected chi connectivity index (χ3v) is 5.32. The van der Waals surface area contributed by atoms with Crippen molar-refractivity contribution in [1.29, 1.82) is 5.26 Å². The highest BCUT2D eigenvalue weighted by atomic mass is 35.5. The lowest BCUT2D eigenvalue weighted by molar-refractivity contribution is 0.0873. The first-order chi connectivity index (χ1) is 14.0. The number of nitrogens with zero attached hydrogens (tertiary/aromatic N) is 1. The van der Waals surface area contributed by atoms with Crippen molar-refractivity contribution in [2.45, 2.75) is 57.7 Å². The molecule has 2 N–H and O–H groups in total. The molecule has 1 fully saturated rings. The Balaban J connectivity index is 1.75. The minimum Gasteiger partial charge on any atom is -0.454 e. The van der Waals surface area contributed by atoms with Crippen LogP contribution >= 0.6 is 11.6 Å². The van der Waals surface area contributed by atoms with Gasteiger partial charge < -0.3 is 15.4 Å². The molecule has 0 atom stereocenters. The van der Waals surface area contributed by atoms with Crippen LogP contribution in [-0.2, 0) is 0 Å². The first-order valence-corrected chi connectivity index (χ1v) is 10.1. The van der Waals surface area contributed by atoms with Crippen LogP contribution in [0.1, 0.15) is 56.5 Å². The molecule has 1 saturated heterocycles. The van der Waals surface area contributed by atoms with Crippen molar-refractivity contribution in [2.75, 3.05) is 0 Å². The quantitative estimate of drug-likeness (QED) is 0.702. The average Bonchev–Trinajstić information content (AvgIpc) is 2.60. The normalized spacial score (nSPS) is 17.8. The number of hydrogen-bond acceptors (Lipinski definition) is 4. The van der Waals surface area contributed by atoms with E-state index in [-0.39, 0.29) is 45.1 Å². The summed E-state index contributed by atoms with van der Waals surface area (Å²) in [5.41, 5.74) is 0.0319. The monoisotopic (exact) mass is 429 g/mol. The van der Waals surface area contributed by atoms with E-state index in [1.54, 1.807) is 18.2 Å². The summed E-state index contributed by atoms with van der Waals surface area (Å²) in [6.45, 7) is 8.49. The highest BCUT2D eigenvalue weighted by Gasteiger charge is 2.38. The highest BCUT2D eigenvalue weighted by molar-refractivity contribution is 6.32. The summed E-state index contributed by atoms with van der Waals surface area (Å²) < 4.78 is 19.4. The van der Waals surface area contributed by atoms with Gasteiger partial charge in [-0.2, -0.15) is 5.26 Å². The number of carbonyl (C=O) groups is 1. The lowest BCUT2D eigenvalue weighted by Gasteiger charge is -2.46. The van der Waals surface area contributed by atoms with Gasteiger partial charge in [0.05, 0.1) is 5.02 Å². The van der Waals surface area contributed by atoms with Gasteiger partial charge in [0.15, 0.2) is 0 Å². The maximum absolute atomic E-state index is 13.8. The molecule has 5 nitrogen and oxygen atoms in total. The molecule has 2 aromatic carbocycles. The standard InChI is InChI=1S/C23H25ClFN3O2/c1-22(2)11-15(12-23(3,4)28-22)27-21(29)14-8-9-20(17(24)10-14)30-19-7-5-6-18(25)16(19)13-26/h5-10,15,28H,11-12H2,1-4H3,(H,27,29).